The highest BCUT2D eigenvalue weighted by Gasteiger charge is 2.14. The minimum atomic E-state index is 1.06. The maximum absolute atomic E-state index is 4.75. The van der Waals surface area contributed by atoms with E-state index < -0.39 is 0 Å². The van der Waals surface area contributed by atoms with Gasteiger partial charge in [0, 0.05) is 51.7 Å². The number of hydrogen-bond acceptors (Lipinski definition) is 3. The normalized spacial score (nSPS) is 11.0. The fourth-order valence-electron chi connectivity index (χ4n) is 2.16. The number of fused-ring (bicyclic) bond motifs is 2. The van der Waals surface area contributed by atoms with Gasteiger partial charge < -0.3 is 9.80 Å². The molecule has 0 spiro atoms. The van der Waals surface area contributed by atoms with Gasteiger partial charge in [-0.1, -0.05) is 0 Å². The molecule has 0 saturated carbocycles. The molecule has 102 valence electrons. The molecule has 3 rings (SSSR count). The quantitative estimate of drug-likeness (QED) is 0.405. The van der Waals surface area contributed by atoms with Crippen LogP contribution in [0.1, 0.15) is 0 Å². The lowest BCUT2D eigenvalue weighted by atomic mass is 10.2. The monoisotopic (exact) mass is 288 g/mol. The van der Waals surface area contributed by atoms with E-state index in [0.717, 1.165) is 11.0 Å². The topological polar surface area (TPSA) is 19.4 Å². The summed E-state index contributed by atoms with van der Waals surface area (Å²) in [7, 11) is 8.24. The van der Waals surface area contributed by atoms with Crippen molar-refractivity contribution >= 4 is 43.1 Å². The summed E-state index contributed by atoms with van der Waals surface area (Å²) in [5, 5.41) is 0. The van der Waals surface area contributed by atoms with Crippen LogP contribution in [-0.4, -0.2) is 33.2 Å². The maximum Gasteiger partial charge on any atom is 0.259 e. The van der Waals surface area contributed by atoms with Crippen molar-refractivity contribution in [3.63, 3.8) is 0 Å². The third-order valence-corrected chi connectivity index (χ3v) is 4.47. The van der Waals surface area contributed by atoms with Gasteiger partial charge in [-0.15, -0.1) is 0 Å². The van der Waals surface area contributed by atoms with Crippen molar-refractivity contribution in [1.82, 2.24) is 4.98 Å². The van der Waals surface area contributed by atoms with Gasteiger partial charge >= 0.3 is 0 Å². The Kier molecular flexibility index (Phi) is 3.18. The van der Waals surface area contributed by atoms with Crippen molar-refractivity contribution in [2.45, 2.75) is 0 Å². The lowest BCUT2D eigenvalue weighted by Gasteiger charge is -2.11. The average molecular weight is 288 g/mol. The van der Waals surface area contributed by atoms with Crippen molar-refractivity contribution in [3.05, 3.63) is 36.4 Å². The number of anilines is 2. The highest BCUT2D eigenvalue weighted by molar-refractivity contribution is 7.24. The predicted octanol–water partition coefficient (Wildman–Crippen LogP) is 3.86. The van der Waals surface area contributed by atoms with Crippen LogP contribution in [0.3, 0.4) is 0 Å². The van der Waals surface area contributed by atoms with Gasteiger partial charge in [0.15, 0.2) is 0 Å². The van der Waals surface area contributed by atoms with Gasteiger partial charge in [-0.25, -0.2) is 4.98 Å². The highest BCUT2D eigenvalue weighted by atomic mass is 32.1. The summed E-state index contributed by atoms with van der Waals surface area (Å²) in [4.78, 5) is 8.99. The van der Waals surface area contributed by atoms with E-state index in [-0.39, 0.29) is 0 Å². The molecule has 0 aliphatic heterocycles. The van der Waals surface area contributed by atoms with E-state index in [1.54, 1.807) is 11.3 Å². The molecule has 0 saturated heterocycles. The van der Waals surface area contributed by atoms with E-state index in [2.05, 4.69) is 74.4 Å². The van der Waals surface area contributed by atoms with Crippen LogP contribution in [0.5, 0.6) is 0 Å². The first-order valence-electron chi connectivity index (χ1n) is 6.57. The zero-order valence-corrected chi connectivity index (χ0v) is 13.0. The second-order valence-corrected chi connectivity index (χ2v) is 6.39. The summed E-state index contributed by atoms with van der Waals surface area (Å²) in [5.74, 6) is 0. The Morgan fingerprint density at radius 1 is 0.750 bits per heavy atom. The molecular weight excluding hydrogens is 270 g/mol. The van der Waals surface area contributed by atoms with Crippen LogP contribution in [0.4, 0.5) is 11.4 Å². The van der Waals surface area contributed by atoms with Crippen LogP contribution < -0.4 is 9.80 Å². The Hall–Kier alpha value is -1.94. The van der Waals surface area contributed by atoms with Crippen LogP contribution in [-0.2, 0) is 0 Å². The Balaban J connectivity index is 2.24. The van der Waals surface area contributed by atoms with Gasteiger partial charge in [-0.2, -0.15) is 0 Å². The van der Waals surface area contributed by atoms with Crippen LogP contribution >= 0.6 is 11.3 Å². The first kappa shape index (κ1) is 13.1. The molecule has 0 fully saturated rings. The second-order valence-electron chi connectivity index (χ2n) is 5.31. The number of rotatable bonds is 2. The molecule has 0 N–H and O–H groups in total. The number of hydrogen-bond donors (Lipinski definition) is 0. The standard InChI is InChI=1S/C16H18N3S/c1-18(2)11-5-7-13-15(9-11)20-16-10-12(19(3)4)6-8-14(16)17-13/h5-10H,1-4H3/q+1/i1+1,2+1,3+1,4+1. The molecule has 0 bridgehead atoms. The van der Waals surface area contributed by atoms with E-state index in [1.165, 1.54) is 20.8 Å². The Labute approximate surface area is 123 Å². The largest absolute Gasteiger partial charge is 0.377 e. The van der Waals surface area contributed by atoms with E-state index in [4.69, 9.17) is 4.98 Å². The lowest BCUT2D eigenvalue weighted by Crippen LogP contribution is -2.08. The van der Waals surface area contributed by atoms with E-state index in [9.17, 15) is 0 Å². The van der Waals surface area contributed by atoms with Crippen LogP contribution in [0, 0.1) is 0 Å². The highest BCUT2D eigenvalue weighted by Crippen LogP contribution is 2.30. The van der Waals surface area contributed by atoms with Crippen molar-refractivity contribution in [2.24, 2.45) is 0 Å². The number of aromatic nitrogens is 1. The lowest BCUT2D eigenvalue weighted by molar-refractivity contribution is 1.13. The molecule has 0 radical (unpaired) electrons. The zero-order chi connectivity index (χ0) is 14.3. The van der Waals surface area contributed by atoms with Gasteiger partial charge in [-0.3, -0.25) is 0 Å². The van der Waals surface area contributed by atoms with Gasteiger partial charge in [0.1, 0.15) is 11.0 Å². The van der Waals surface area contributed by atoms with Gasteiger partial charge in [-0.05, 0) is 24.3 Å². The summed E-state index contributed by atoms with van der Waals surface area (Å²) in [6.07, 6.45) is 0. The van der Waals surface area contributed by atoms with Crippen molar-refractivity contribution in [3.8, 4) is 0 Å². The average Bonchev–Trinajstić information content (AvgIpc) is 2.43. The first-order valence-corrected chi connectivity index (χ1v) is 7.38. The van der Waals surface area contributed by atoms with Crippen LogP contribution in [0.15, 0.2) is 36.4 Å². The van der Waals surface area contributed by atoms with Crippen molar-refractivity contribution in [1.29, 1.82) is 0 Å². The smallest absolute Gasteiger partial charge is 0.259 e. The van der Waals surface area contributed by atoms with E-state index >= 15 is 0 Å². The second kappa shape index (κ2) is 4.87. The van der Waals surface area contributed by atoms with E-state index in [0.29, 0.717) is 0 Å². The van der Waals surface area contributed by atoms with Crippen molar-refractivity contribution in [2.75, 3.05) is 38.0 Å². The van der Waals surface area contributed by atoms with E-state index in [1.807, 2.05) is 0 Å². The number of benzene rings is 2. The van der Waals surface area contributed by atoms with Crippen LogP contribution in [0.25, 0.3) is 20.4 Å². The summed E-state index contributed by atoms with van der Waals surface area (Å²) in [5.41, 5.74) is 4.54. The predicted molar refractivity (Wildman–Crippen MR) is 90.2 cm³/mol. The Bertz CT molecular complexity index is 718. The molecule has 4 heteroatoms. The summed E-state index contributed by atoms with van der Waals surface area (Å²) >= 11 is 1.80. The SMILES string of the molecule is [13CH3]N([13CH3])c1ccc2nc3ccc(N([13CH3])[13CH3])cc3[s+]c2c1. The fourth-order valence-corrected chi connectivity index (χ4v) is 3.19. The Morgan fingerprint density at radius 3 is 1.60 bits per heavy atom. The third-order valence-electron chi connectivity index (χ3n) is 3.38. The molecular formula is C16H18N3S+. The molecule has 3 aromatic rings. The minimum Gasteiger partial charge on any atom is -0.377 e. The fraction of sp³-hybridized carbons (Fsp3) is 0.250. The third kappa shape index (κ3) is 2.27. The molecule has 2 aromatic carbocycles. The minimum absolute atomic E-state index is 1.06. The molecule has 20 heavy (non-hydrogen) atoms. The van der Waals surface area contributed by atoms with Crippen molar-refractivity contribution < 1.29 is 0 Å². The molecule has 1 aromatic heterocycles. The maximum atomic E-state index is 4.75. The van der Waals surface area contributed by atoms with Crippen LogP contribution in [0.2, 0.25) is 0 Å². The molecule has 0 aliphatic carbocycles. The van der Waals surface area contributed by atoms with Gasteiger partial charge in [0.25, 0.3) is 9.40 Å². The number of nitrogens with zero attached hydrogens (tertiary/aromatic N) is 3. The van der Waals surface area contributed by atoms with Gasteiger partial charge in [0.05, 0.1) is 0 Å². The molecule has 0 unspecified atom stereocenters. The first-order chi connectivity index (χ1) is 9.54. The Morgan fingerprint density at radius 2 is 1.20 bits per heavy atom. The summed E-state index contributed by atoms with van der Waals surface area (Å²) in [6.45, 7) is 0. The molecule has 3 nitrogen and oxygen atoms in total. The zero-order valence-electron chi connectivity index (χ0n) is 12.2. The molecule has 0 amide bonds. The van der Waals surface area contributed by atoms with Gasteiger partial charge in [0.2, 0.25) is 11.3 Å². The summed E-state index contributed by atoms with van der Waals surface area (Å²) < 4.78 is 2.44. The summed E-state index contributed by atoms with van der Waals surface area (Å²) in [6, 6.07) is 12.8. The molecule has 0 atom stereocenters. The molecule has 1 heterocycles. The molecule has 0 aliphatic rings.